The van der Waals surface area contributed by atoms with E-state index in [4.69, 9.17) is 5.73 Å². The zero-order valence-electron chi connectivity index (χ0n) is 11.9. The Labute approximate surface area is 119 Å². The van der Waals surface area contributed by atoms with Crippen LogP contribution < -0.4 is 5.73 Å². The summed E-state index contributed by atoms with van der Waals surface area (Å²) < 4.78 is 0. The van der Waals surface area contributed by atoms with Crippen LogP contribution in [-0.2, 0) is 4.79 Å². The van der Waals surface area contributed by atoms with Crippen molar-refractivity contribution >= 4 is 11.7 Å². The monoisotopic (exact) mass is 274 g/mol. The van der Waals surface area contributed by atoms with E-state index >= 15 is 0 Å². The van der Waals surface area contributed by atoms with Crippen LogP contribution in [0.4, 0.5) is 0 Å². The molecule has 0 saturated carbocycles. The van der Waals surface area contributed by atoms with Gasteiger partial charge in [0.25, 0.3) is 0 Å². The Morgan fingerprint density at radius 1 is 1.25 bits per heavy atom. The van der Waals surface area contributed by atoms with Crippen molar-refractivity contribution in [3.63, 3.8) is 0 Å². The topological polar surface area (TPSA) is 63.4 Å². The minimum absolute atomic E-state index is 0.0713. The Morgan fingerprint density at radius 2 is 1.95 bits per heavy atom. The number of amides is 1. The average Bonchev–Trinajstić information content (AvgIpc) is 2.46. The zero-order valence-corrected chi connectivity index (χ0v) is 11.9. The number of carbonyl (C=O) groups is 2. The van der Waals surface area contributed by atoms with Gasteiger partial charge in [-0.15, -0.1) is 0 Å². The van der Waals surface area contributed by atoms with E-state index in [0.29, 0.717) is 25.6 Å². The molecule has 0 spiro atoms. The highest BCUT2D eigenvalue weighted by Crippen LogP contribution is 2.22. The highest BCUT2D eigenvalue weighted by Gasteiger charge is 2.28. The van der Waals surface area contributed by atoms with Crippen molar-refractivity contribution in [3.8, 4) is 0 Å². The maximum absolute atomic E-state index is 12.1. The lowest BCUT2D eigenvalue weighted by Crippen LogP contribution is -2.46. The Balaban J connectivity index is 1.89. The maximum atomic E-state index is 12.1. The van der Waals surface area contributed by atoms with Crippen molar-refractivity contribution in [2.24, 2.45) is 11.7 Å². The number of nitrogens with zero attached hydrogens (tertiary/aromatic N) is 1. The second kappa shape index (κ2) is 6.66. The molecule has 1 aromatic carbocycles. The third kappa shape index (κ3) is 3.67. The molecule has 0 aliphatic carbocycles. The molecule has 4 nitrogen and oxygen atoms in total. The molecule has 0 bridgehead atoms. The van der Waals surface area contributed by atoms with E-state index in [1.54, 1.807) is 0 Å². The molecular formula is C16H22N2O2. The molecule has 1 heterocycles. The number of nitrogens with two attached hydrogens (primary N) is 1. The normalized spacial score (nSPS) is 23.4. The van der Waals surface area contributed by atoms with Crippen molar-refractivity contribution in [1.82, 2.24) is 4.90 Å². The molecule has 1 fully saturated rings. The van der Waals surface area contributed by atoms with Crippen LogP contribution in [0.15, 0.2) is 30.3 Å². The number of hydrogen-bond donors (Lipinski definition) is 1. The number of ketones is 1. The molecule has 1 saturated heterocycles. The molecule has 0 aromatic heterocycles. The molecule has 2 N–H and O–H groups in total. The SMILES string of the molecule is CC1CCC(C(N)=O)CN1CCC(=O)c1ccccc1. The standard InChI is InChI=1S/C16H22N2O2/c1-12-7-8-14(16(17)20)11-18(12)10-9-15(19)13-5-3-2-4-6-13/h2-6,12,14H,7-11H2,1H3,(H2,17,20). The molecule has 1 aliphatic heterocycles. The van der Waals surface area contributed by atoms with Gasteiger partial charge >= 0.3 is 0 Å². The molecule has 1 aliphatic rings. The van der Waals surface area contributed by atoms with E-state index in [1.807, 2.05) is 30.3 Å². The first-order chi connectivity index (χ1) is 9.58. The summed E-state index contributed by atoms with van der Waals surface area (Å²) >= 11 is 0. The number of primary amides is 1. The number of rotatable bonds is 5. The average molecular weight is 274 g/mol. The number of hydrogen-bond acceptors (Lipinski definition) is 3. The van der Waals surface area contributed by atoms with Gasteiger partial charge in [-0.25, -0.2) is 0 Å². The van der Waals surface area contributed by atoms with Gasteiger partial charge in [-0.2, -0.15) is 0 Å². The largest absolute Gasteiger partial charge is 0.369 e. The molecule has 4 heteroatoms. The van der Waals surface area contributed by atoms with Crippen molar-refractivity contribution in [2.75, 3.05) is 13.1 Å². The van der Waals surface area contributed by atoms with Gasteiger partial charge in [-0.05, 0) is 19.8 Å². The van der Waals surface area contributed by atoms with Gasteiger partial charge in [0.05, 0.1) is 5.92 Å². The van der Waals surface area contributed by atoms with Crippen molar-refractivity contribution in [2.45, 2.75) is 32.2 Å². The summed E-state index contributed by atoms with van der Waals surface area (Å²) in [6, 6.07) is 9.75. The summed E-state index contributed by atoms with van der Waals surface area (Å²) in [5.74, 6) is -0.145. The Bertz CT molecular complexity index is 473. The second-order valence-electron chi connectivity index (χ2n) is 5.56. The van der Waals surface area contributed by atoms with Crippen LogP contribution in [0.1, 0.15) is 36.5 Å². The number of piperidine rings is 1. The molecule has 108 valence electrons. The summed E-state index contributed by atoms with van der Waals surface area (Å²) in [6.45, 7) is 3.52. The number of Topliss-reactive ketones (excluding diaryl/α,β-unsaturated/α-hetero) is 1. The van der Waals surface area contributed by atoms with E-state index in [2.05, 4.69) is 11.8 Å². The molecular weight excluding hydrogens is 252 g/mol. The highest BCUT2D eigenvalue weighted by atomic mass is 16.1. The first-order valence-corrected chi connectivity index (χ1v) is 7.19. The number of carbonyl (C=O) groups excluding carboxylic acids is 2. The van der Waals surface area contributed by atoms with Crippen molar-refractivity contribution in [1.29, 1.82) is 0 Å². The molecule has 2 unspecified atom stereocenters. The fourth-order valence-electron chi connectivity index (χ4n) is 2.74. The summed E-state index contributed by atoms with van der Waals surface area (Å²) in [6.07, 6.45) is 2.31. The third-order valence-corrected chi connectivity index (χ3v) is 4.14. The maximum Gasteiger partial charge on any atom is 0.221 e. The van der Waals surface area contributed by atoms with Crippen molar-refractivity contribution in [3.05, 3.63) is 35.9 Å². The van der Waals surface area contributed by atoms with E-state index < -0.39 is 0 Å². The van der Waals surface area contributed by atoms with Gasteiger partial charge in [-0.1, -0.05) is 30.3 Å². The highest BCUT2D eigenvalue weighted by molar-refractivity contribution is 5.96. The predicted molar refractivity (Wildman–Crippen MR) is 78.3 cm³/mol. The number of likely N-dealkylation sites (tertiary alicyclic amines) is 1. The van der Waals surface area contributed by atoms with Gasteiger partial charge in [0, 0.05) is 31.1 Å². The van der Waals surface area contributed by atoms with Crippen LogP contribution in [0.5, 0.6) is 0 Å². The van der Waals surface area contributed by atoms with E-state index in [1.165, 1.54) is 0 Å². The second-order valence-corrected chi connectivity index (χ2v) is 5.56. The van der Waals surface area contributed by atoms with E-state index in [9.17, 15) is 9.59 Å². The van der Waals surface area contributed by atoms with Gasteiger partial charge in [-0.3, -0.25) is 14.5 Å². The lowest BCUT2D eigenvalue weighted by Gasteiger charge is -2.36. The molecule has 1 aromatic rings. The smallest absolute Gasteiger partial charge is 0.221 e. The minimum Gasteiger partial charge on any atom is -0.369 e. The molecule has 0 radical (unpaired) electrons. The van der Waals surface area contributed by atoms with Gasteiger partial charge in [0.2, 0.25) is 5.91 Å². The van der Waals surface area contributed by atoms with E-state index in [-0.39, 0.29) is 17.6 Å². The fourth-order valence-corrected chi connectivity index (χ4v) is 2.74. The third-order valence-electron chi connectivity index (χ3n) is 4.14. The van der Waals surface area contributed by atoms with Crippen molar-refractivity contribution < 1.29 is 9.59 Å². The zero-order chi connectivity index (χ0) is 14.5. The first-order valence-electron chi connectivity index (χ1n) is 7.19. The lowest BCUT2D eigenvalue weighted by atomic mass is 9.92. The van der Waals surface area contributed by atoms with E-state index in [0.717, 1.165) is 18.4 Å². The Hall–Kier alpha value is -1.68. The lowest BCUT2D eigenvalue weighted by molar-refractivity contribution is -0.123. The first kappa shape index (κ1) is 14.7. The summed E-state index contributed by atoms with van der Waals surface area (Å²) in [7, 11) is 0. The molecule has 20 heavy (non-hydrogen) atoms. The number of benzene rings is 1. The molecule has 2 atom stereocenters. The quantitative estimate of drug-likeness (QED) is 0.833. The summed E-state index contributed by atoms with van der Waals surface area (Å²) in [4.78, 5) is 25.6. The van der Waals surface area contributed by atoms with Crippen LogP contribution in [0.3, 0.4) is 0 Å². The van der Waals surface area contributed by atoms with Gasteiger partial charge in [0.15, 0.2) is 5.78 Å². The minimum atomic E-state index is -0.226. The Morgan fingerprint density at radius 3 is 2.60 bits per heavy atom. The van der Waals surface area contributed by atoms with Crippen LogP contribution in [0.25, 0.3) is 0 Å². The Kier molecular flexibility index (Phi) is 4.90. The van der Waals surface area contributed by atoms with Crippen LogP contribution in [0, 0.1) is 5.92 Å². The van der Waals surface area contributed by atoms with Crippen LogP contribution >= 0.6 is 0 Å². The van der Waals surface area contributed by atoms with Gasteiger partial charge in [0.1, 0.15) is 0 Å². The molecule has 2 rings (SSSR count). The van der Waals surface area contributed by atoms with Crippen LogP contribution in [0.2, 0.25) is 0 Å². The fraction of sp³-hybridized carbons (Fsp3) is 0.500. The summed E-state index contributed by atoms with van der Waals surface area (Å²) in [5, 5.41) is 0. The predicted octanol–water partition coefficient (Wildman–Crippen LogP) is 1.85. The van der Waals surface area contributed by atoms with Gasteiger partial charge < -0.3 is 5.73 Å². The van der Waals surface area contributed by atoms with Crippen LogP contribution in [-0.4, -0.2) is 35.7 Å². The summed E-state index contributed by atoms with van der Waals surface area (Å²) in [5.41, 5.74) is 6.14. The molecule has 1 amide bonds.